The number of aliphatic hydroxyl groups excluding tert-OH is 1. The first kappa shape index (κ1) is 12.2. The van der Waals surface area contributed by atoms with Crippen LogP contribution in [0, 0.1) is 0 Å². The molecule has 1 aliphatic carbocycles. The van der Waals surface area contributed by atoms with E-state index in [9.17, 15) is 9.90 Å². The summed E-state index contributed by atoms with van der Waals surface area (Å²) in [6.45, 7) is 5.47. The summed E-state index contributed by atoms with van der Waals surface area (Å²) in [6, 6.07) is 0. The lowest BCUT2D eigenvalue weighted by molar-refractivity contribution is -0.125. The average Bonchev–Trinajstić information content (AvgIpc) is 2.19. The average molecular weight is 211 g/mol. The van der Waals surface area contributed by atoms with E-state index in [1.807, 2.05) is 13.8 Å². The fourth-order valence-electron chi connectivity index (χ4n) is 2.00. The van der Waals surface area contributed by atoms with Crippen LogP contribution in [0.25, 0.3) is 0 Å². The van der Waals surface area contributed by atoms with Crippen LogP contribution in [0.5, 0.6) is 0 Å². The first-order chi connectivity index (χ1) is 7.17. The fourth-order valence-corrected chi connectivity index (χ4v) is 2.00. The van der Waals surface area contributed by atoms with Gasteiger partial charge in [-0.25, -0.2) is 0 Å². The summed E-state index contributed by atoms with van der Waals surface area (Å²) in [5, 5.41) is 9.48. The van der Waals surface area contributed by atoms with E-state index in [0.29, 0.717) is 6.42 Å². The Morgan fingerprint density at radius 2 is 2.20 bits per heavy atom. The molecular weight excluding hydrogens is 190 g/mol. The molecule has 0 aromatic rings. The summed E-state index contributed by atoms with van der Waals surface area (Å²) in [7, 11) is 0. The molecule has 0 aromatic heterocycles. The minimum atomic E-state index is -0.241. The van der Waals surface area contributed by atoms with E-state index in [0.717, 1.165) is 37.9 Å². The van der Waals surface area contributed by atoms with Crippen molar-refractivity contribution in [2.75, 3.05) is 13.1 Å². The number of aliphatic hydroxyl groups is 1. The number of rotatable bonds is 3. The molecule has 86 valence electrons. The van der Waals surface area contributed by atoms with E-state index in [2.05, 4.69) is 0 Å². The molecule has 0 heterocycles. The number of carbonyl (C=O) groups is 1. The normalized spacial score (nSPS) is 24.2. The van der Waals surface area contributed by atoms with Gasteiger partial charge in [0.2, 0.25) is 5.91 Å². The quantitative estimate of drug-likeness (QED) is 0.722. The molecule has 0 radical (unpaired) electrons. The molecule has 1 amide bonds. The Morgan fingerprint density at radius 3 is 2.73 bits per heavy atom. The Labute approximate surface area is 91.8 Å². The third-order valence-electron chi connectivity index (χ3n) is 2.94. The third-order valence-corrected chi connectivity index (χ3v) is 2.94. The molecule has 3 heteroatoms. The number of nitrogens with zero attached hydrogens (tertiary/aromatic N) is 1. The topological polar surface area (TPSA) is 40.5 Å². The highest BCUT2D eigenvalue weighted by atomic mass is 16.3. The van der Waals surface area contributed by atoms with Crippen molar-refractivity contribution >= 4 is 5.91 Å². The predicted octanol–water partition coefficient (Wildman–Crippen LogP) is 1.72. The van der Waals surface area contributed by atoms with Crippen molar-refractivity contribution in [3.8, 4) is 0 Å². The lowest BCUT2D eigenvalue weighted by Gasteiger charge is -2.21. The molecule has 1 fully saturated rings. The Hall–Kier alpha value is -0.830. The molecule has 0 saturated heterocycles. The predicted molar refractivity (Wildman–Crippen MR) is 60.5 cm³/mol. The van der Waals surface area contributed by atoms with Crippen molar-refractivity contribution < 1.29 is 9.90 Å². The Kier molecular flexibility index (Phi) is 4.82. The zero-order valence-corrected chi connectivity index (χ0v) is 9.70. The van der Waals surface area contributed by atoms with Crippen LogP contribution >= 0.6 is 0 Å². The number of carbonyl (C=O) groups excluding carboxylic acids is 1. The van der Waals surface area contributed by atoms with Gasteiger partial charge in [-0.2, -0.15) is 0 Å². The molecule has 1 atom stereocenters. The third kappa shape index (κ3) is 3.67. The van der Waals surface area contributed by atoms with E-state index in [1.54, 1.807) is 11.0 Å². The Balaban J connectivity index is 2.57. The number of hydrogen-bond donors (Lipinski definition) is 1. The molecule has 0 spiro atoms. The maximum absolute atomic E-state index is 11.7. The van der Waals surface area contributed by atoms with Crippen molar-refractivity contribution in [3.63, 3.8) is 0 Å². The maximum atomic E-state index is 11.7. The zero-order valence-electron chi connectivity index (χ0n) is 9.70. The van der Waals surface area contributed by atoms with Crippen LogP contribution in [0.15, 0.2) is 11.6 Å². The zero-order chi connectivity index (χ0) is 11.3. The highest BCUT2D eigenvalue weighted by Crippen LogP contribution is 2.23. The lowest BCUT2D eigenvalue weighted by atomic mass is 9.92. The van der Waals surface area contributed by atoms with Crippen LogP contribution < -0.4 is 0 Å². The van der Waals surface area contributed by atoms with Crippen LogP contribution in [0.2, 0.25) is 0 Å². The molecule has 1 rings (SSSR count). The summed E-state index contributed by atoms with van der Waals surface area (Å²) >= 11 is 0. The Bertz CT molecular complexity index is 244. The van der Waals surface area contributed by atoms with Gasteiger partial charge in [0.15, 0.2) is 0 Å². The van der Waals surface area contributed by atoms with Crippen LogP contribution in [0.3, 0.4) is 0 Å². The first-order valence-electron chi connectivity index (χ1n) is 5.83. The molecule has 1 saturated carbocycles. The molecule has 0 aromatic carbocycles. The smallest absolute Gasteiger partial charge is 0.246 e. The monoisotopic (exact) mass is 211 g/mol. The van der Waals surface area contributed by atoms with Gasteiger partial charge in [-0.05, 0) is 39.5 Å². The van der Waals surface area contributed by atoms with Gasteiger partial charge in [0, 0.05) is 19.2 Å². The summed E-state index contributed by atoms with van der Waals surface area (Å²) in [4.78, 5) is 13.5. The molecule has 0 aliphatic heterocycles. The van der Waals surface area contributed by atoms with E-state index in [4.69, 9.17) is 0 Å². The summed E-state index contributed by atoms with van der Waals surface area (Å²) in [5.41, 5.74) is 1.10. The van der Waals surface area contributed by atoms with Gasteiger partial charge in [-0.3, -0.25) is 4.79 Å². The summed E-state index contributed by atoms with van der Waals surface area (Å²) < 4.78 is 0. The molecule has 0 bridgehead atoms. The standard InChI is InChI=1S/C12H21NO2/c1-3-13(4-2)12(15)9-10-6-5-7-11(14)8-10/h9,11,14H,3-8H2,1-2H3/b10-9-. The second-order valence-electron chi connectivity index (χ2n) is 4.06. The van der Waals surface area contributed by atoms with Gasteiger partial charge in [-0.1, -0.05) is 5.57 Å². The highest BCUT2D eigenvalue weighted by molar-refractivity contribution is 5.88. The van der Waals surface area contributed by atoms with E-state index < -0.39 is 0 Å². The van der Waals surface area contributed by atoms with Crippen LogP contribution in [0.4, 0.5) is 0 Å². The van der Waals surface area contributed by atoms with Gasteiger partial charge in [0.1, 0.15) is 0 Å². The molecular formula is C12H21NO2. The first-order valence-corrected chi connectivity index (χ1v) is 5.83. The van der Waals surface area contributed by atoms with Crippen LogP contribution in [0.1, 0.15) is 39.5 Å². The molecule has 1 N–H and O–H groups in total. The van der Waals surface area contributed by atoms with Crippen molar-refractivity contribution in [2.45, 2.75) is 45.6 Å². The van der Waals surface area contributed by atoms with Gasteiger partial charge in [0.05, 0.1) is 6.10 Å². The SMILES string of the molecule is CCN(CC)C(=O)/C=C1/CCCC(O)C1. The van der Waals surface area contributed by atoms with Gasteiger partial charge >= 0.3 is 0 Å². The Morgan fingerprint density at radius 1 is 1.53 bits per heavy atom. The summed E-state index contributed by atoms with van der Waals surface area (Å²) in [6.07, 6.45) is 4.98. The van der Waals surface area contributed by atoms with Gasteiger partial charge in [-0.15, -0.1) is 0 Å². The van der Waals surface area contributed by atoms with E-state index in [1.165, 1.54) is 0 Å². The molecule has 1 aliphatic rings. The minimum Gasteiger partial charge on any atom is -0.393 e. The van der Waals surface area contributed by atoms with Gasteiger partial charge in [0.25, 0.3) is 0 Å². The largest absolute Gasteiger partial charge is 0.393 e. The number of likely N-dealkylation sites (N-methyl/N-ethyl adjacent to an activating group) is 1. The maximum Gasteiger partial charge on any atom is 0.246 e. The number of amides is 1. The highest BCUT2D eigenvalue weighted by Gasteiger charge is 2.16. The second-order valence-corrected chi connectivity index (χ2v) is 4.06. The van der Waals surface area contributed by atoms with E-state index >= 15 is 0 Å². The van der Waals surface area contributed by atoms with E-state index in [-0.39, 0.29) is 12.0 Å². The number of hydrogen-bond acceptors (Lipinski definition) is 2. The summed E-state index contributed by atoms with van der Waals surface area (Å²) in [5.74, 6) is 0.0871. The van der Waals surface area contributed by atoms with Crippen molar-refractivity contribution in [3.05, 3.63) is 11.6 Å². The molecule has 15 heavy (non-hydrogen) atoms. The van der Waals surface area contributed by atoms with Crippen LogP contribution in [-0.2, 0) is 4.79 Å². The second kappa shape index (κ2) is 5.91. The molecule has 1 unspecified atom stereocenters. The van der Waals surface area contributed by atoms with Crippen molar-refractivity contribution in [1.82, 2.24) is 4.90 Å². The molecule has 3 nitrogen and oxygen atoms in total. The van der Waals surface area contributed by atoms with Gasteiger partial charge < -0.3 is 10.0 Å². The van der Waals surface area contributed by atoms with Crippen molar-refractivity contribution in [1.29, 1.82) is 0 Å². The van der Waals surface area contributed by atoms with Crippen molar-refractivity contribution in [2.24, 2.45) is 0 Å². The minimum absolute atomic E-state index is 0.0871. The fraction of sp³-hybridized carbons (Fsp3) is 0.750. The van der Waals surface area contributed by atoms with Crippen LogP contribution in [-0.4, -0.2) is 35.1 Å². The lowest BCUT2D eigenvalue weighted by Crippen LogP contribution is -2.29.